The average molecular weight is 295 g/mol. The molecule has 0 radical (unpaired) electrons. The largest absolute Gasteiger partial charge is 0.496 e. The molecule has 0 saturated carbocycles. The van der Waals surface area contributed by atoms with Crippen molar-refractivity contribution in [3.63, 3.8) is 0 Å². The van der Waals surface area contributed by atoms with Crippen LogP contribution in [0.3, 0.4) is 0 Å². The fourth-order valence-electron chi connectivity index (χ4n) is 1.96. The van der Waals surface area contributed by atoms with Crippen molar-refractivity contribution in [2.24, 2.45) is 0 Å². The Morgan fingerprint density at radius 3 is 2.62 bits per heavy atom. The van der Waals surface area contributed by atoms with Crippen LogP contribution in [-0.2, 0) is 20.7 Å². The maximum atomic E-state index is 12.0. The SMILES string of the molecule is COCCCC(NC(=O)Cc1ccccc1OC)C(=O)O. The molecule has 0 heterocycles. The number of nitrogens with one attached hydrogen (secondary N) is 1. The van der Waals surface area contributed by atoms with Crippen LogP contribution in [0.1, 0.15) is 18.4 Å². The fourth-order valence-corrected chi connectivity index (χ4v) is 1.96. The smallest absolute Gasteiger partial charge is 0.326 e. The van der Waals surface area contributed by atoms with Gasteiger partial charge in [0.2, 0.25) is 5.91 Å². The van der Waals surface area contributed by atoms with Gasteiger partial charge < -0.3 is 19.9 Å². The molecule has 1 atom stereocenters. The lowest BCUT2D eigenvalue weighted by molar-refractivity contribution is -0.142. The van der Waals surface area contributed by atoms with Gasteiger partial charge in [0.05, 0.1) is 13.5 Å². The van der Waals surface area contributed by atoms with E-state index in [2.05, 4.69) is 5.32 Å². The molecule has 1 aromatic carbocycles. The van der Waals surface area contributed by atoms with E-state index in [1.807, 2.05) is 6.07 Å². The number of rotatable bonds is 9. The van der Waals surface area contributed by atoms with Crippen molar-refractivity contribution < 1.29 is 24.2 Å². The van der Waals surface area contributed by atoms with Crippen LogP contribution in [0.4, 0.5) is 0 Å². The summed E-state index contributed by atoms with van der Waals surface area (Å²) in [5.41, 5.74) is 0.721. The number of methoxy groups -OCH3 is 2. The van der Waals surface area contributed by atoms with Gasteiger partial charge in [0.15, 0.2) is 0 Å². The number of amides is 1. The summed E-state index contributed by atoms with van der Waals surface area (Å²) in [5.74, 6) is -0.775. The highest BCUT2D eigenvalue weighted by Crippen LogP contribution is 2.17. The Balaban J connectivity index is 2.59. The number of carbonyl (C=O) groups is 2. The number of hydrogen-bond donors (Lipinski definition) is 2. The van der Waals surface area contributed by atoms with Crippen molar-refractivity contribution >= 4 is 11.9 Å². The minimum absolute atomic E-state index is 0.0814. The normalized spacial score (nSPS) is 11.7. The molecule has 0 spiro atoms. The average Bonchev–Trinajstić information content (AvgIpc) is 2.46. The third kappa shape index (κ3) is 5.83. The number of ether oxygens (including phenoxy) is 2. The molecule has 6 nitrogen and oxygen atoms in total. The first-order valence-electron chi connectivity index (χ1n) is 6.71. The molecular weight excluding hydrogens is 274 g/mol. The van der Waals surface area contributed by atoms with E-state index in [0.29, 0.717) is 25.2 Å². The van der Waals surface area contributed by atoms with Crippen LogP contribution < -0.4 is 10.1 Å². The Morgan fingerprint density at radius 2 is 2.00 bits per heavy atom. The van der Waals surface area contributed by atoms with Crippen molar-refractivity contribution in [1.29, 1.82) is 0 Å². The van der Waals surface area contributed by atoms with Gasteiger partial charge in [-0.3, -0.25) is 4.79 Å². The third-order valence-electron chi connectivity index (χ3n) is 3.02. The van der Waals surface area contributed by atoms with Crippen molar-refractivity contribution in [3.8, 4) is 5.75 Å². The molecule has 1 rings (SSSR count). The second-order valence-corrected chi connectivity index (χ2v) is 4.58. The predicted octanol–water partition coefficient (Wildman–Crippen LogP) is 1.23. The quantitative estimate of drug-likeness (QED) is 0.669. The minimum Gasteiger partial charge on any atom is -0.496 e. The van der Waals surface area contributed by atoms with E-state index in [1.54, 1.807) is 25.3 Å². The lowest BCUT2D eigenvalue weighted by Crippen LogP contribution is -2.41. The zero-order valence-corrected chi connectivity index (χ0v) is 12.3. The van der Waals surface area contributed by atoms with E-state index in [0.717, 1.165) is 5.56 Å². The standard InChI is InChI=1S/C15H21NO5/c1-20-9-5-7-12(15(18)19)16-14(17)10-11-6-3-4-8-13(11)21-2/h3-4,6,8,12H,5,7,9-10H2,1-2H3,(H,16,17)(H,18,19). The molecule has 0 fully saturated rings. The molecular formula is C15H21NO5. The minimum atomic E-state index is -1.04. The summed E-state index contributed by atoms with van der Waals surface area (Å²) in [7, 11) is 3.08. The highest BCUT2D eigenvalue weighted by molar-refractivity contribution is 5.85. The second kappa shape index (κ2) is 8.97. The van der Waals surface area contributed by atoms with Gasteiger partial charge in [0, 0.05) is 19.3 Å². The van der Waals surface area contributed by atoms with Crippen LogP contribution in [0.25, 0.3) is 0 Å². The Bertz CT molecular complexity index is 475. The summed E-state index contributed by atoms with van der Waals surface area (Å²) in [6.07, 6.45) is 0.987. The molecule has 0 bridgehead atoms. The van der Waals surface area contributed by atoms with Crippen LogP contribution in [0.2, 0.25) is 0 Å². The topological polar surface area (TPSA) is 84.9 Å². The van der Waals surface area contributed by atoms with Crippen LogP contribution in [0.15, 0.2) is 24.3 Å². The molecule has 1 aromatic rings. The van der Waals surface area contributed by atoms with E-state index in [-0.39, 0.29) is 12.3 Å². The van der Waals surface area contributed by atoms with Crippen molar-refractivity contribution in [1.82, 2.24) is 5.32 Å². The summed E-state index contributed by atoms with van der Waals surface area (Å²) in [4.78, 5) is 23.1. The Hall–Kier alpha value is -2.08. The van der Waals surface area contributed by atoms with E-state index in [1.165, 1.54) is 7.11 Å². The molecule has 0 saturated heterocycles. The number of carboxylic acid groups (broad SMARTS) is 1. The van der Waals surface area contributed by atoms with Crippen LogP contribution in [-0.4, -0.2) is 43.9 Å². The molecule has 1 amide bonds. The summed E-state index contributed by atoms with van der Waals surface area (Å²) in [6, 6.07) is 6.25. The molecule has 1 unspecified atom stereocenters. The first-order chi connectivity index (χ1) is 10.1. The summed E-state index contributed by atoms with van der Waals surface area (Å²) in [6.45, 7) is 0.464. The van der Waals surface area contributed by atoms with Gasteiger partial charge in [-0.25, -0.2) is 4.79 Å². The number of benzene rings is 1. The summed E-state index contributed by atoms with van der Waals surface area (Å²) >= 11 is 0. The van der Waals surface area contributed by atoms with Crippen LogP contribution in [0.5, 0.6) is 5.75 Å². The summed E-state index contributed by atoms with van der Waals surface area (Å²) < 4.78 is 10.0. The van der Waals surface area contributed by atoms with Gasteiger partial charge in [-0.1, -0.05) is 18.2 Å². The van der Waals surface area contributed by atoms with E-state index < -0.39 is 12.0 Å². The van der Waals surface area contributed by atoms with E-state index in [9.17, 15) is 9.59 Å². The van der Waals surface area contributed by atoms with Gasteiger partial charge in [0.1, 0.15) is 11.8 Å². The monoisotopic (exact) mass is 295 g/mol. The van der Waals surface area contributed by atoms with Crippen molar-refractivity contribution in [2.45, 2.75) is 25.3 Å². The number of carboxylic acids is 1. The first-order valence-corrected chi connectivity index (χ1v) is 6.71. The van der Waals surface area contributed by atoms with Gasteiger partial charge >= 0.3 is 5.97 Å². The number of aliphatic carboxylic acids is 1. The molecule has 0 aliphatic carbocycles. The van der Waals surface area contributed by atoms with Gasteiger partial charge in [-0.05, 0) is 18.9 Å². The predicted molar refractivity (Wildman–Crippen MR) is 77.4 cm³/mol. The molecule has 0 aromatic heterocycles. The lowest BCUT2D eigenvalue weighted by Gasteiger charge is -2.15. The van der Waals surface area contributed by atoms with Crippen LogP contribution in [0, 0.1) is 0 Å². The van der Waals surface area contributed by atoms with Gasteiger partial charge in [0.25, 0.3) is 0 Å². The number of hydrogen-bond acceptors (Lipinski definition) is 4. The van der Waals surface area contributed by atoms with Gasteiger partial charge in [-0.2, -0.15) is 0 Å². The molecule has 21 heavy (non-hydrogen) atoms. The Morgan fingerprint density at radius 1 is 1.29 bits per heavy atom. The molecule has 6 heteroatoms. The number of para-hydroxylation sites is 1. The Labute approximate surface area is 124 Å². The maximum Gasteiger partial charge on any atom is 0.326 e. The Kier molecular flexibility index (Phi) is 7.25. The van der Waals surface area contributed by atoms with Gasteiger partial charge in [-0.15, -0.1) is 0 Å². The summed E-state index contributed by atoms with van der Waals surface area (Å²) in [5, 5.41) is 11.6. The zero-order chi connectivity index (χ0) is 15.7. The maximum absolute atomic E-state index is 12.0. The van der Waals surface area contributed by atoms with E-state index in [4.69, 9.17) is 14.6 Å². The zero-order valence-electron chi connectivity index (χ0n) is 12.3. The number of carbonyl (C=O) groups excluding carboxylic acids is 1. The molecule has 116 valence electrons. The van der Waals surface area contributed by atoms with E-state index >= 15 is 0 Å². The molecule has 0 aliphatic rings. The van der Waals surface area contributed by atoms with Crippen molar-refractivity contribution in [2.75, 3.05) is 20.8 Å². The third-order valence-corrected chi connectivity index (χ3v) is 3.02. The fraction of sp³-hybridized carbons (Fsp3) is 0.467. The first kappa shape index (κ1) is 17.0. The lowest BCUT2D eigenvalue weighted by atomic mass is 10.1. The highest BCUT2D eigenvalue weighted by Gasteiger charge is 2.20. The second-order valence-electron chi connectivity index (χ2n) is 4.58. The molecule has 0 aliphatic heterocycles. The molecule has 2 N–H and O–H groups in total. The van der Waals surface area contributed by atoms with Crippen LogP contribution >= 0.6 is 0 Å². The van der Waals surface area contributed by atoms with Crippen molar-refractivity contribution in [3.05, 3.63) is 29.8 Å². The highest BCUT2D eigenvalue weighted by atomic mass is 16.5.